The summed E-state index contributed by atoms with van der Waals surface area (Å²) in [7, 11) is 1.31. The Morgan fingerprint density at radius 1 is 1.39 bits per heavy atom. The van der Waals surface area contributed by atoms with Crippen molar-refractivity contribution < 1.29 is 14.6 Å². The van der Waals surface area contributed by atoms with E-state index < -0.39 is 11.6 Å². The molecular formula is C12H21N3O3. The Hall–Kier alpha value is -1.43. The second-order valence-electron chi connectivity index (χ2n) is 4.32. The molecule has 1 heterocycles. The van der Waals surface area contributed by atoms with Crippen molar-refractivity contribution in [3.8, 4) is 0 Å². The summed E-state index contributed by atoms with van der Waals surface area (Å²) >= 11 is 0. The van der Waals surface area contributed by atoms with Crippen molar-refractivity contribution in [1.29, 1.82) is 0 Å². The quantitative estimate of drug-likeness (QED) is 0.772. The maximum absolute atomic E-state index is 11.5. The van der Waals surface area contributed by atoms with Crippen LogP contribution in [-0.4, -0.2) is 38.8 Å². The normalized spacial score (nSPS) is 11.6. The van der Waals surface area contributed by atoms with Crippen LogP contribution in [0.5, 0.6) is 0 Å². The molecule has 1 N–H and O–H groups in total. The molecule has 0 aliphatic rings. The van der Waals surface area contributed by atoms with Gasteiger partial charge in [-0.2, -0.15) is 0 Å². The van der Waals surface area contributed by atoms with Gasteiger partial charge in [0.05, 0.1) is 24.9 Å². The first-order valence-electron chi connectivity index (χ1n) is 6.24. The Bertz CT molecular complexity index is 411. The van der Waals surface area contributed by atoms with Crippen molar-refractivity contribution in [2.75, 3.05) is 7.11 Å². The van der Waals surface area contributed by atoms with Gasteiger partial charge >= 0.3 is 5.97 Å². The Labute approximate surface area is 107 Å². The van der Waals surface area contributed by atoms with Crippen molar-refractivity contribution in [3.63, 3.8) is 0 Å². The summed E-state index contributed by atoms with van der Waals surface area (Å²) in [4.78, 5) is 11.5. The SMILES string of the molecule is CCc1c(C(=O)OC)nnn1CC(O)(CC)CC. The maximum atomic E-state index is 11.5. The highest BCUT2D eigenvalue weighted by molar-refractivity contribution is 5.88. The molecule has 18 heavy (non-hydrogen) atoms. The van der Waals surface area contributed by atoms with Crippen molar-refractivity contribution >= 4 is 5.97 Å². The molecule has 0 aliphatic carbocycles. The van der Waals surface area contributed by atoms with Gasteiger partial charge in [-0.05, 0) is 19.3 Å². The van der Waals surface area contributed by atoms with Crippen LogP contribution in [0.15, 0.2) is 0 Å². The first-order chi connectivity index (χ1) is 8.51. The Morgan fingerprint density at radius 3 is 2.44 bits per heavy atom. The van der Waals surface area contributed by atoms with E-state index in [1.807, 2.05) is 20.8 Å². The fourth-order valence-electron chi connectivity index (χ4n) is 1.82. The number of esters is 1. The van der Waals surface area contributed by atoms with Gasteiger partial charge in [-0.1, -0.05) is 26.0 Å². The van der Waals surface area contributed by atoms with Crippen LogP contribution in [0.4, 0.5) is 0 Å². The molecule has 0 spiro atoms. The van der Waals surface area contributed by atoms with Crippen LogP contribution in [0.1, 0.15) is 49.8 Å². The van der Waals surface area contributed by atoms with E-state index in [9.17, 15) is 9.90 Å². The number of ether oxygens (including phenoxy) is 1. The highest BCUT2D eigenvalue weighted by Crippen LogP contribution is 2.19. The molecule has 0 aromatic carbocycles. The van der Waals surface area contributed by atoms with E-state index in [-0.39, 0.29) is 5.69 Å². The van der Waals surface area contributed by atoms with E-state index in [0.717, 1.165) is 0 Å². The van der Waals surface area contributed by atoms with E-state index in [2.05, 4.69) is 15.0 Å². The summed E-state index contributed by atoms with van der Waals surface area (Å²) in [5, 5.41) is 18.1. The summed E-state index contributed by atoms with van der Waals surface area (Å²) in [6, 6.07) is 0. The lowest BCUT2D eigenvalue weighted by atomic mass is 9.97. The summed E-state index contributed by atoms with van der Waals surface area (Å²) in [5.74, 6) is -0.491. The monoisotopic (exact) mass is 255 g/mol. The zero-order valence-corrected chi connectivity index (χ0v) is 11.4. The first kappa shape index (κ1) is 14.6. The van der Waals surface area contributed by atoms with Gasteiger partial charge in [-0.25, -0.2) is 9.48 Å². The van der Waals surface area contributed by atoms with Crippen LogP contribution in [0.25, 0.3) is 0 Å². The Balaban J connectivity index is 3.04. The highest BCUT2D eigenvalue weighted by atomic mass is 16.5. The van der Waals surface area contributed by atoms with Gasteiger partial charge < -0.3 is 9.84 Å². The minimum absolute atomic E-state index is 0.231. The molecule has 0 bridgehead atoms. The largest absolute Gasteiger partial charge is 0.464 e. The molecule has 1 aromatic rings. The first-order valence-corrected chi connectivity index (χ1v) is 6.24. The van der Waals surface area contributed by atoms with Gasteiger partial charge in [-0.15, -0.1) is 5.10 Å². The van der Waals surface area contributed by atoms with Crippen LogP contribution in [0, 0.1) is 0 Å². The molecule has 0 fully saturated rings. The number of aromatic nitrogens is 3. The average molecular weight is 255 g/mol. The summed E-state index contributed by atoms with van der Waals surface area (Å²) < 4.78 is 6.25. The third-order valence-electron chi connectivity index (χ3n) is 3.31. The number of carbonyl (C=O) groups excluding carboxylic acids is 1. The predicted molar refractivity (Wildman–Crippen MR) is 66.3 cm³/mol. The van der Waals surface area contributed by atoms with Crippen molar-refractivity contribution in [1.82, 2.24) is 15.0 Å². The highest BCUT2D eigenvalue weighted by Gasteiger charge is 2.27. The molecule has 0 radical (unpaired) electrons. The topological polar surface area (TPSA) is 77.2 Å². The smallest absolute Gasteiger partial charge is 0.360 e. The number of aliphatic hydroxyl groups is 1. The third-order valence-corrected chi connectivity index (χ3v) is 3.31. The molecular weight excluding hydrogens is 234 g/mol. The molecule has 0 atom stereocenters. The second kappa shape index (κ2) is 5.95. The lowest BCUT2D eigenvalue weighted by Crippen LogP contribution is -2.33. The molecule has 1 aromatic heterocycles. The molecule has 6 heteroatoms. The van der Waals surface area contributed by atoms with Crippen LogP contribution in [-0.2, 0) is 17.7 Å². The summed E-state index contributed by atoms with van der Waals surface area (Å²) in [6.07, 6.45) is 1.86. The maximum Gasteiger partial charge on any atom is 0.360 e. The van der Waals surface area contributed by atoms with E-state index in [1.54, 1.807) is 4.68 Å². The van der Waals surface area contributed by atoms with Gasteiger partial charge in [0.2, 0.25) is 0 Å². The molecule has 0 amide bonds. The van der Waals surface area contributed by atoms with E-state index >= 15 is 0 Å². The van der Waals surface area contributed by atoms with Gasteiger partial charge in [0.25, 0.3) is 0 Å². The van der Waals surface area contributed by atoms with E-state index in [0.29, 0.717) is 31.5 Å². The lowest BCUT2D eigenvalue weighted by Gasteiger charge is -2.25. The van der Waals surface area contributed by atoms with Crippen LogP contribution >= 0.6 is 0 Å². The van der Waals surface area contributed by atoms with Crippen LogP contribution in [0.3, 0.4) is 0 Å². The summed E-state index contributed by atoms with van der Waals surface area (Å²) in [5.41, 5.74) is 0.113. The number of methoxy groups -OCH3 is 1. The van der Waals surface area contributed by atoms with Crippen molar-refractivity contribution in [2.45, 2.75) is 52.2 Å². The molecule has 0 aliphatic heterocycles. The fourth-order valence-corrected chi connectivity index (χ4v) is 1.82. The second-order valence-corrected chi connectivity index (χ2v) is 4.32. The number of carbonyl (C=O) groups is 1. The molecule has 102 valence electrons. The summed E-state index contributed by atoms with van der Waals surface area (Å²) in [6.45, 7) is 6.10. The Morgan fingerprint density at radius 2 is 2.00 bits per heavy atom. The number of hydrogen-bond acceptors (Lipinski definition) is 5. The van der Waals surface area contributed by atoms with E-state index in [1.165, 1.54) is 7.11 Å². The van der Waals surface area contributed by atoms with Gasteiger partial charge in [-0.3, -0.25) is 0 Å². The third kappa shape index (κ3) is 2.87. The van der Waals surface area contributed by atoms with Gasteiger partial charge in [0, 0.05) is 0 Å². The molecule has 0 unspecified atom stereocenters. The standard InChI is InChI=1S/C12H21N3O3/c1-5-9-10(11(16)18-4)13-14-15(9)8-12(17,6-2)7-3/h17H,5-8H2,1-4H3. The van der Waals surface area contributed by atoms with Crippen LogP contribution < -0.4 is 0 Å². The molecule has 1 rings (SSSR count). The average Bonchev–Trinajstić information content (AvgIpc) is 2.80. The minimum atomic E-state index is -0.814. The molecule has 6 nitrogen and oxygen atoms in total. The lowest BCUT2D eigenvalue weighted by molar-refractivity contribution is 0.0106. The van der Waals surface area contributed by atoms with Gasteiger partial charge in [0.15, 0.2) is 5.69 Å². The van der Waals surface area contributed by atoms with E-state index in [4.69, 9.17) is 0 Å². The van der Waals surface area contributed by atoms with Gasteiger partial charge in [0.1, 0.15) is 0 Å². The molecule has 0 saturated heterocycles. The molecule has 0 saturated carbocycles. The fraction of sp³-hybridized carbons (Fsp3) is 0.750. The minimum Gasteiger partial charge on any atom is -0.464 e. The van der Waals surface area contributed by atoms with Crippen molar-refractivity contribution in [3.05, 3.63) is 11.4 Å². The zero-order chi connectivity index (χ0) is 13.8. The predicted octanol–water partition coefficient (Wildman–Crippen LogP) is 1.18. The number of hydrogen-bond donors (Lipinski definition) is 1. The number of nitrogens with zero attached hydrogens (tertiary/aromatic N) is 3. The Kier molecular flexibility index (Phi) is 4.84. The number of rotatable bonds is 6. The van der Waals surface area contributed by atoms with Crippen molar-refractivity contribution in [2.24, 2.45) is 0 Å². The van der Waals surface area contributed by atoms with Crippen LogP contribution in [0.2, 0.25) is 0 Å². The zero-order valence-electron chi connectivity index (χ0n) is 11.4.